The van der Waals surface area contributed by atoms with E-state index >= 15 is 0 Å². The van der Waals surface area contributed by atoms with Gasteiger partial charge in [-0.15, -0.1) is 0 Å². The van der Waals surface area contributed by atoms with Gasteiger partial charge in [0.05, 0.1) is 23.0 Å². The molecule has 2 aromatic rings. The summed E-state index contributed by atoms with van der Waals surface area (Å²) in [4.78, 5) is 17.0. The molecule has 1 aliphatic heterocycles. The molecule has 1 aromatic carbocycles. The number of benzene rings is 1. The van der Waals surface area contributed by atoms with E-state index in [1.807, 2.05) is 38.2 Å². The summed E-state index contributed by atoms with van der Waals surface area (Å²) in [6, 6.07) is 7.95. The highest BCUT2D eigenvalue weighted by atomic mass is 16.2. The summed E-state index contributed by atoms with van der Waals surface area (Å²) < 4.78 is 2.05. The second-order valence-corrected chi connectivity index (χ2v) is 5.79. The lowest BCUT2D eigenvalue weighted by Crippen LogP contribution is -2.41. The molecule has 1 amide bonds. The van der Waals surface area contributed by atoms with Gasteiger partial charge < -0.3 is 15.2 Å². The number of piperidine rings is 1. The zero-order valence-corrected chi connectivity index (χ0v) is 12.6. The van der Waals surface area contributed by atoms with Crippen molar-refractivity contribution in [3.05, 3.63) is 30.1 Å². The van der Waals surface area contributed by atoms with Gasteiger partial charge in [0.2, 0.25) is 5.91 Å². The fraction of sp³-hybridized carbons (Fsp3) is 0.500. The number of imidazole rings is 1. The van der Waals surface area contributed by atoms with Gasteiger partial charge in [-0.25, -0.2) is 4.98 Å². The third kappa shape index (κ3) is 2.78. The van der Waals surface area contributed by atoms with Crippen LogP contribution in [0.5, 0.6) is 0 Å². The predicted octanol–water partition coefficient (Wildman–Crippen LogP) is 1.75. The highest BCUT2D eigenvalue weighted by Crippen LogP contribution is 2.20. The number of rotatable bonds is 3. The Morgan fingerprint density at radius 3 is 3.00 bits per heavy atom. The molecular weight excluding hydrogens is 264 g/mol. The van der Waals surface area contributed by atoms with Crippen molar-refractivity contribution >= 4 is 16.9 Å². The van der Waals surface area contributed by atoms with E-state index in [0.717, 1.165) is 42.8 Å². The number of hydrogen-bond donors (Lipinski definition) is 2. The van der Waals surface area contributed by atoms with E-state index in [2.05, 4.69) is 20.2 Å². The van der Waals surface area contributed by atoms with Crippen LogP contribution in [0.4, 0.5) is 0 Å². The van der Waals surface area contributed by atoms with Gasteiger partial charge in [0.15, 0.2) is 0 Å². The highest BCUT2D eigenvalue weighted by Gasteiger charge is 2.24. The first-order chi connectivity index (χ1) is 10.2. The minimum absolute atomic E-state index is 0.0795. The van der Waals surface area contributed by atoms with Crippen molar-refractivity contribution in [2.24, 2.45) is 13.0 Å². The molecule has 0 aliphatic carbocycles. The standard InChI is InChI=1S/C16H22N4O/c1-11(18-16(21)12-6-5-9-17-10-12)15-19-13-7-3-4-8-14(13)20(15)2/h3-4,7-8,11-12,17H,5-6,9-10H2,1-2H3,(H,18,21). The van der Waals surface area contributed by atoms with E-state index in [1.54, 1.807) is 0 Å². The summed E-state index contributed by atoms with van der Waals surface area (Å²) in [5, 5.41) is 6.39. The Morgan fingerprint density at radius 1 is 1.48 bits per heavy atom. The van der Waals surface area contributed by atoms with Crippen molar-refractivity contribution in [2.45, 2.75) is 25.8 Å². The molecule has 2 N–H and O–H groups in total. The van der Waals surface area contributed by atoms with Gasteiger partial charge in [0.25, 0.3) is 0 Å². The van der Waals surface area contributed by atoms with Gasteiger partial charge in [-0.2, -0.15) is 0 Å². The first kappa shape index (κ1) is 14.1. The Labute approximate surface area is 124 Å². The number of aromatic nitrogens is 2. The first-order valence-corrected chi connectivity index (χ1v) is 7.59. The van der Waals surface area contributed by atoms with Crippen LogP contribution in [0, 0.1) is 5.92 Å². The third-order valence-electron chi connectivity index (χ3n) is 4.24. The monoisotopic (exact) mass is 286 g/mol. The summed E-state index contributed by atoms with van der Waals surface area (Å²) in [6.45, 7) is 3.79. The van der Waals surface area contributed by atoms with Crippen LogP contribution in [-0.4, -0.2) is 28.5 Å². The molecule has 3 rings (SSSR count). The zero-order valence-electron chi connectivity index (χ0n) is 12.6. The molecule has 1 saturated heterocycles. The molecule has 2 unspecified atom stereocenters. The summed E-state index contributed by atoms with van der Waals surface area (Å²) >= 11 is 0. The predicted molar refractivity (Wildman–Crippen MR) is 82.9 cm³/mol. The minimum Gasteiger partial charge on any atom is -0.346 e. The van der Waals surface area contributed by atoms with Gasteiger partial charge in [0.1, 0.15) is 5.82 Å². The Hall–Kier alpha value is -1.88. The van der Waals surface area contributed by atoms with Crippen molar-refractivity contribution in [1.29, 1.82) is 0 Å². The van der Waals surface area contributed by atoms with Crippen molar-refractivity contribution < 1.29 is 4.79 Å². The molecule has 2 heterocycles. The number of para-hydroxylation sites is 2. The first-order valence-electron chi connectivity index (χ1n) is 7.59. The lowest BCUT2D eigenvalue weighted by atomic mass is 9.98. The van der Waals surface area contributed by atoms with Crippen molar-refractivity contribution in [1.82, 2.24) is 20.2 Å². The Balaban J connectivity index is 1.75. The zero-order chi connectivity index (χ0) is 14.8. The number of nitrogens with one attached hydrogen (secondary N) is 2. The van der Waals surface area contributed by atoms with Crippen LogP contribution in [0.15, 0.2) is 24.3 Å². The molecule has 1 aliphatic rings. The maximum Gasteiger partial charge on any atom is 0.224 e. The van der Waals surface area contributed by atoms with E-state index in [-0.39, 0.29) is 17.9 Å². The molecule has 1 fully saturated rings. The fourth-order valence-electron chi connectivity index (χ4n) is 3.02. The van der Waals surface area contributed by atoms with Crippen LogP contribution in [0.25, 0.3) is 11.0 Å². The van der Waals surface area contributed by atoms with E-state index in [1.165, 1.54) is 0 Å². The fourth-order valence-corrected chi connectivity index (χ4v) is 3.02. The molecule has 1 aromatic heterocycles. The maximum atomic E-state index is 12.3. The van der Waals surface area contributed by atoms with Gasteiger partial charge >= 0.3 is 0 Å². The Morgan fingerprint density at radius 2 is 2.29 bits per heavy atom. The Kier molecular flexibility index (Phi) is 3.92. The molecular formula is C16H22N4O. The van der Waals surface area contributed by atoms with E-state index in [0.29, 0.717) is 0 Å². The molecule has 21 heavy (non-hydrogen) atoms. The molecule has 2 atom stereocenters. The average Bonchev–Trinajstić information content (AvgIpc) is 2.86. The number of fused-ring (bicyclic) bond motifs is 1. The van der Waals surface area contributed by atoms with Crippen molar-refractivity contribution in [3.63, 3.8) is 0 Å². The van der Waals surface area contributed by atoms with Gasteiger partial charge in [-0.1, -0.05) is 12.1 Å². The smallest absolute Gasteiger partial charge is 0.224 e. The summed E-state index contributed by atoms with van der Waals surface area (Å²) in [5.74, 6) is 1.10. The Bertz CT molecular complexity index is 643. The largest absolute Gasteiger partial charge is 0.346 e. The minimum atomic E-state index is -0.0863. The quantitative estimate of drug-likeness (QED) is 0.904. The normalized spacial score (nSPS) is 20.4. The van der Waals surface area contributed by atoms with E-state index in [4.69, 9.17) is 0 Å². The number of carbonyl (C=O) groups is 1. The summed E-state index contributed by atoms with van der Waals surface area (Å²) in [5.41, 5.74) is 2.06. The van der Waals surface area contributed by atoms with Gasteiger partial charge in [-0.3, -0.25) is 4.79 Å². The summed E-state index contributed by atoms with van der Waals surface area (Å²) in [6.07, 6.45) is 2.03. The molecule has 0 bridgehead atoms. The topological polar surface area (TPSA) is 59.0 Å². The van der Waals surface area contributed by atoms with Gasteiger partial charge in [-0.05, 0) is 38.4 Å². The number of hydrogen-bond acceptors (Lipinski definition) is 3. The summed E-state index contributed by atoms with van der Waals surface area (Å²) in [7, 11) is 2.00. The maximum absolute atomic E-state index is 12.3. The van der Waals surface area contributed by atoms with Crippen LogP contribution in [0.2, 0.25) is 0 Å². The number of carbonyl (C=O) groups excluding carboxylic acids is 1. The number of aryl methyl sites for hydroxylation is 1. The number of amides is 1. The number of nitrogens with zero attached hydrogens (tertiary/aromatic N) is 2. The van der Waals surface area contributed by atoms with Crippen LogP contribution < -0.4 is 10.6 Å². The van der Waals surface area contributed by atoms with E-state index in [9.17, 15) is 4.79 Å². The van der Waals surface area contributed by atoms with Crippen LogP contribution >= 0.6 is 0 Å². The second kappa shape index (κ2) is 5.85. The average molecular weight is 286 g/mol. The SMILES string of the molecule is CC(NC(=O)C1CCCNC1)c1nc2ccccc2n1C. The second-order valence-electron chi connectivity index (χ2n) is 5.79. The molecule has 5 heteroatoms. The van der Waals surface area contributed by atoms with Crippen LogP contribution in [0.1, 0.15) is 31.6 Å². The third-order valence-corrected chi connectivity index (χ3v) is 4.24. The lowest BCUT2D eigenvalue weighted by Gasteiger charge is -2.23. The molecule has 0 saturated carbocycles. The van der Waals surface area contributed by atoms with E-state index < -0.39 is 0 Å². The molecule has 112 valence electrons. The van der Waals surface area contributed by atoms with Crippen LogP contribution in [0.3, 0.4) is 0 Å². The van der Waals surface area contributed by atoms with Crippen molar-refractivity contribution in [3.8, 4) is 0 Å². The molecule has 0 spiro atoms. The molecule has 0 radical (unpaired) electrons. The van der Waals surface area contributed by atoms with Crippen LogP contribution in [-0.2, 0) is 11.8 Å². The highest BCUT2D eigenvalue weighted by molar-refractivity contribution is 5.80. The molecule has 5 nitrogen and oxygen atoms in total. The lowest BCUT2D eigenvalue weighted by molar-refractivity contribution is -0.126. The van der Waals surface area contributed by atoms with Gasteiger partial charge in [0, 0.05) is 13.6 Å². The van der Waals surface area contributed by atoms with Crippen molar-refractivity contribution in [2.75, 3.05) is 13.1 Å².